The molecule has 3 rings (SSSR count). The van der Waals surface area contributed by atoms with E-state index >= 15 is 0 Å². The largest absolute Gasteiger partial charge is 0.368 e. The molecule has 0 aliphatic rings. The first-order valence-corrected chi connectivity index (χ1v) is 6.45. The van der Waals surface area contributed by atoms with E-state index in [1.165, 1.54) is 5.56 Å². The van der Waals surface area contributed by atoms with Crippen LogP contribution in [0, 0.1) is 0 Å². The Balaban J connectivity index is 1.82. The molecule has 0 saturated carbocycles. The van der Waals surface area contributed by atoms with E-state index in [9.17, 15) is 0 Å². The predicted octanol–water partition coefficient (Wildman–Crippen LogP) is 1.61. The van der Waals surface area contributed by atoms with Crippen molar-refractivity contribution in [3.63, 3.8) is 0 Å². The third-order valence-electron chi connectivity index (χ3n) is 3.25. The van der Waals surface area contributed by atoms with Crippen molar-refractivity contribution >= 4 is 22.8 Å². The van der Waals surface area contributed by atoms with Crippen molar-refractivity contribution in [2.24, 2.45) is 0 Å². The van der Waals surface area contributed by atoms with Gasteiger partial charge in [-0.1, -0.05) is 30.3 Å². The first-order chi connectivity index (χ1) is 9.74. The molecule has 2 aromatic heterocycles. The zero-order chi connectivity index (χ0) is 13.9. The van der Waals surface area contributed by atoms with Gasteiger partial charge in [-0.05, 0) is 12.0 Å². The van der Waals surface area contributed by atoms with Gasteiger partial charge in [0.2, 0.25) is 5.95 Å². The number of hydrogen-bond acceptors (Lipinski definition) is 5. The van der Waals surface area contributed by atoms with E-state index < -0.39 is 0 Å². The van der Waals surface area contributed by atoms with Crippen LogP contribution in [0.5, 0.6) is 0 Å². The zero-order valence-electron chi connectivity index (χ0n) is 11.2. The van der Waals surface area contributed by atoms with Gasteiger partial charge in [0.15, 0.2) is 5.65 Å². The summed E-state index contributed by atoms with van der Waals surface area (Å²) in [6.45, 7) is 0.848. The highest BCUT2D eigenvalue weighted by atomic mass is 15.2. The van der Waals surface area contributed by atoms with Crippen LogP contribution in [0.4, 0.5) is 11.8 Å². The van der Waals surface area contributed by atoms with Crippen LogP contribution in [0.25, 0.3) is 11.0 Å². The molecule has 0 aliphatic carbocycles. The van der Waals surface area contributed by atoms with Crippen LogP contribution in [0.2, 0.25) is 0 Å². The van der Waals surface area contributed by atoms with Crippen LogP contribution in [-0.2, 0) is 6.42 Å². The summed E-state index contributed by atoms with van der Waals surface area (Å²) in [6.07, 6.45) is 2.67. The van der Waals surface area contributed by atoms with Crippen LogP contribution >= 0.6 is 0 Å². The number of nitrogens with zero attached hydrogens (tertiary/aromatic N) is 4. The van der Waals surface area contributed by atoms with Crippen molar-refractivity contribution in [3.05, 3.63) is 42.1 Å². The molecule has 3 aromatic rings. The standard InChI is InChI=1S/C14H16N6/c1-20(8-7-10-5-3-2-4-6-10)13-11-9-16-19-12(11)17-14(15)18-13/h2-6,9H,7-8H2,1H3,(H3,15,16,17,18,19). The molecular formula is C14H16N6. The average molecular weight is 268 g/mol. The first kappa shape index (κ1) is 12.4. The van der Waals surface area contributed by atoms with E-state index in [0.717, 1.165) is 24.2 Å². The summed E-state index contributed by atoms with van der Waals surface area (Å²) >= 11 is 0. The molecule has 1 aromatic carbocycles. The summed E-state index contributed by atoms with van der Waals surface area (Å²) in [5, 5.41) is 7.70. The molecule has 102 valence electrons. The Kier molecular flexibility index (Phi) is 3.20. The van der Waals surface area contributed by atoms with E-state index in [1.54, 1.807) is 6.20 Å². The molecule has 0 saturated heterocycles. The number of rotatable bonds is 4. The fourth-order valence-corrected chi connectivity index (χ4v) is 2.17. The topological polar surface area (TPSA) is 83.7 Å². The molecule has 0 aliphatic heterocycles. The second kappa shape index (κ2) is 5.16. The summed E-state index contributed by atoms with van der Waals surface area (Å²) in [4.78, 5) is 10.5. The summed E-state index contributed by atoms with van der Waals surface area (Å²) in [7, 11) is 2.00. The van der Waals surface area contributed by atoms with Crippen molar-refractivity contribution in [3.8, 4) is 0 Å². The highest BCUT2D eigenvalue weighted by Crippen LogP contribution is 2.22. The van der Waals surface area contributed by atoms with Gasteiger partial charge in [0.05, 0.1) is 11.6 Å². The summed E-state index contributed by atoms with van der Waals surface area (Å²) in [6, 6.07) is 10.4. The van der Waals surface area contributed by atoms with Crippen molar-refractivity contribution in [2.75, 3.05) is 24.2 Å². The Bertz CT molecular complexity index is 706. The van der Waals surface area contributed by atoms with E-state index in [-0.39, 0.29) is 5.95 Å². The number of aromatic nitrogens is 4. The molecular weight excluding hydrogens is 252 g/mol. The summed E-state index contributed by atoms with van der Waals surface area (Å²) in [5.41, 5.74) is 7.69. The molecule has 0 amide bonds. The van der Waals surface area contributed by atoms with Gasteiger partial charge in [-0.15, -0.1) is 0 Å². The van der Waals surface area contributed by atoms with Crippen molar-refractivity contribution in [1.82, 2.24) is 20.2 Å². The number of likely N-dealkylation sites (N-methyl/N-ethyl adjacent to an activating group) is 1. The van der Waals surface area contributed by atoms with Crippen molar-refractivity contribution < 1.29 is 0 Å². The molecule has 0 spiro atoms. The molecule has 20 heavy (non-hydrogen) atoms. The Morgan fingerprint density at radius 1 is 1.20 bits per heavy atom. The van der Waals surface area contributed by atoms with Crippen molar-refractivity contribution in [2.45, 2.75) is 6.42 Å². The lowest BCUT2D eigenvalue weighted by molar-refractivity contribution is 0.863. The monoisotopic (exact) mass is 268 g/mol. The van der Waals surface area contributed by atoms with Gasteiger partial charge in [0.1, 0.15) is 5.82 Å². The van der Waals surface area contributed by atoms with Gasteiger partial charge in [0, 0.05) is 13.6 Å². The Morgan fingerprint density at radius 2 is 2.00 bits per heavy atom. The molecule has 0 bridgehead atoms. The Hall–Kier alpha value is -2.63. The number of nitrogen functional groups attached to an aromatic ring is 1. The summed E-state index contributed by atoms with van der Waals surface area (Å²) < 4.78 is 0. The second-order valence-corrected chi connectivity index (χ2v) is 4.69. The Labute approximate surface area is 116 Å². The van der Waals surface area contributed by atoms with E-state index in [4.69, 9.17) is 5.73 Å². The molecule has 0 fully saturated rings. The zero-order valence-corrected chi connectivity index (χ0v) is 11.2. The fraction of sp³-hybridized carbons (Fsp3) is 0.214. The second-order valence-electron chi connectivity index (χ2n) is 4.69. The quantitative estimate of drug-likeness (QED) is 0.751. The lowest BCUT2D eigenvalue weighted by Gasteiger charge is -2.18. The van der Waals surface area contributed by atoms with Crippen LogP contribution in [0.3, 0.4) is 0 Å². The lowest BCUT2D eigenvalue weighted by atomic mass is 10.1. The molecule has 3 N–H and O–H groups in total. The van der Waals surface area contributed by atoms with Crippen LogP contribution in [0.1, 0.15) is 5.56 Å². The van der Waals surface area contributed by atoms with Crippen molar-refractivity contribution in [1.29, 1.82) is 0 Å². The molecule has 0 unspecified atom stereocenters. The number of anilines is 2. The van der Waals surface area contributed by atoms with Crippen LogP contribution in [0.15, 0.2) is 36.5 Å². The van der Waals surface area contributed by atoms with Gasteiger partial charge in [-0.2, -0.15) is 15.1 Å². The number of hydrogen-bond donors (Lipinski definition) is 2. The first-order valence-electron chi connectivity index (χ1n) is 6.45. The minimum atomic E-state index is 0.253. The van der Waals surface area contributed by atoms with Gasteiger partial charge in [-0.3, -0.25) is 5.10 Å². The minimum Gasteiger partial charge on any atom is -0.368 e. The maximum atomic E-state index is 5.73. The maximum absolute atomic E-state index is 5.73. The molecule has 0 atom stereocenters. The van der Waals surface area contributed by atoms with E-state index in [1.807, 2.05) is 25.2 Å². The number of nitrogens with one attached hydrogen (secondary N) is 1. The fourth-order valence-electron chi connectivity index (χ4n) is 2.17. The van der Waals surface area contributed by atoms with E-state index in [0.29, 0.717) is 5.65 Å². The van der Waals surface area contributed by atoms with Crippen LogP contribution < -0.4 is 10.6 Å². The average Bonchev–Trinajstić information content (AvgIpc) is 2.93. The van der Waals surface area contributed by atoms with Gasteiger partial charge < -0.3 is 10.6 Å². The minimum absolute atomic E-state index is 0.253. The third-order valence-corrected chi connectivity index (χ3v) is 3.25. The highest BCUT2D eigenvalue weighted by Gasteiger charge is 2.12. The number of benzene rings is 1. The van der Waals surface area contributed by atoms with Gasteiger partial charge in [-0.25, -0.2) is 0 Å². The number of H-pyrrole nitrogens is 1. The molecule has 6 nitrogen and oxygen atoms in total. The normalized spacial score (nSPS) is 10.8. The summed E-state index contributed by atoms with van der Waals surface area (Å²) in [5.74, 6) is 1.06. The molecule has 2 heterocycles. The predicted molar refractivity (Wildman–Crippen MR) is 79.5 cm³/mol. The number of fused-ring (bicyclic) bond motifs is 1. The third kappa shape index (κ3) is 2.40. The van der Waals surface area contributed by atoms with Gasteiger partial charge >= 0.3 is 0 Å². The van der Waals surface area contributed by atoms with E-state index in [2.05, 4.69) is 37.2 Å². The highest BCUT2D eigenvalue weighted by molar-refractivity contribution is 5.87. The van der Waals surface area contributed by atoms with Gasteiger partial charge in [0.25, 0.3) is 0 Å². The maximum Gasteiger partial charge on any atom is 0.224 e. The smallest absolute Gasteiger partial charge is 0.224 e. The lowest BCUT2D eigenvalue weighted by Crippen LogP contribution is -2.22. The number of nitrogens with two attached hydrogens (primary N) is 1. The molecule has 0 radical (unpaired) electrons. The van der Waals surface area contributed by atoms with Crippen LogP contribution in [-0.4, -0.2) is 33.8 Å². The SMILES string of the molecule is CN(CCc1ccccc1)c1nc(N)nc2[nH]ncc12. The molecule has 6 heteroatoms. The Morgan fingerprint density at radius 3 is 2.80 bits per heavy atom. The number of aromatic amines is 1.